The van der Waals surface area contributed by atoms with Crippen LogP contribution in [0.4, 0.5) is 5.69 Å². The number of nitrogens with zero attached hydrogens (tertiary/aromatic N) is 2. The van der Waals surface area contributed by atoms with Gasteiger partial charge in [-0.2, -0.15) is 5.26 Å². The molecule has 1 aromatic rings. The van der Waals surface area contributed by atoms with Gasteiger partial charge < -0.3 is 0 Å². The smallest absolute Gasteiger partial charge is 0.101 e. The number of hydrogen-bond acceptors (Lipinski definition) is 2. The largest absolute Gasteiger partial charge is 0.256 e. The summed E-state index contributed by atoms with van der Waals surface area (Å²) in [7, 11) is 0. The van der Waals surface area contributed by atoms with Gasteiger partial charge in [-0.25, -0.2) is 0 Å². The van der Waals surface area contributed by atoms with Crippen molar-refractivity contribution in [2.75, 3.05) is 0 Å². The van der Waals surface area contributed by atoms with Gasteiger partial charge in [0.25, 0.3) is 0 Å². The summed E-state index contributed by atoms with van der Waals surface area (Å²) in [6.45, 7) is 7.11. The molecule has 2 nitrogen and oxygen atoms in total. The summed E-state index contributed by atoms with van der Waals surface area (Å²) >= 11 is 0. The molecule has 0 N–H and O–H groups in total. The van der Waals surface area contributed by atoms with Crippen LogP contribution in [0, 0.1) is 28.1 Å². The topological polar surface area (TPSA) is 36.1 Å². The number of hydrogen-bond donors (Lipinski definition) is 0. The third-order valence-corrected chi connectivity index (χ3v) is 5.79. The molecule has 0 aromatic heterocycles. The van der Waals surface area contributed by atoms with Crippen molar-refractivity contribution in [2.24, 2.45) is 21.7 Å². The molecule has 2 fully saturated rings. The Kier molecular flexibility index (Phi) is 2.57. The molecular weight excluding hydrogens is 232 g/mol. The monoisotopic (exact) mass is 252 g/mol. The van der Waals surface area contributed by atoms with Crippen molar-refractivity contribution in [3.8, 4) is 6.07 Å². The molecule has 2 unspecified atom stereocenters. The van der Waals surface area contributed by atoms with Crippen molar-refractivity contribution in [1.82, 2.24) is 0 Å². The van der Waals surface area contributed by atoms with Gasteiger partial charge >= 0.3 is 0 Å². The number of para-hydroxylation sites is 1. The highest BCUT2D eigenvalue weighted by atomic mass is 14.8. The predicted molar refractivity (Wildman–Crippen MR) is 77.5 cm³/mol. The van der Waals surface area contributed by atoms with E-state index in [0.29, 0.717) is 11.0 Å². The minimum absolute atomic E-state index is 0.209. The van der Waals surface area contributed by atoms with Gasteiger partial charge in [0, 0.05) is 11.1 Å². The van der Waals surface area contributed by atoms with E-state index in [9.17, 15) is 5.26 Å². The molecule has 0 saturated heterocycles. The second kappa shape index (κ2) is 3.93. The highest BCUT2D eigenvalue weighted by Crippen LogP contribution is 2.64. The van der Waals surface area contributed by atoms with E-state index < -0.39 is 0 Å². The SMILES string of the molecule is CC12CCC(CC1=Nc1ccccc1C#N)C2(C)C. The molecule has 0 amide bonds. The van der Waals surface area contributed by atoms with E-state index in [1.807, 2.05) is 24.3 Å². The molecule has 98 valence electrons. The lowest BCUT2D eigenvalue weighted by Gasteiger charge is -2.34. The quantitative estimate of drug-likeness (QED) is 0.726. The van der Waals surface area contributed by atoms with Crippen LogP contribution >= 0.6 is 0 Å². The van der Waals surface area contributed by atoms with Crippen LogP contribution < -0.4 is 0 Å². The normalized spacial score (nSPS) is 33.6. The van der Waals surface area contributed by atoms with E-state index in [1.165, 1.54) is 18.6 Å². The highest BCUT2D eigenvalue weighted by molar-refractivity contribution is 5.96. The van der Waals surface area contributed by atoms with E-state index in [2.05, 4.69) is 26.8 Å². The molecular formula is C17H20N2. The lowest BCUT2D eigenvalue weighted by atomic mass is 9.70. The van der Waals surface area contributed by atoms with E-state index in [0.717, 1.165) is 18.0 Å². The molecule has 2 aliphatic rings. The zero-order valence-corrected chi connectivity index (χ0v) is 11.9. The minimum Gasteiger partial charge on any atom is -0.256 e. The van der Waals surface area contributed by atoms with Crippen LogP contribution in [0.2, 0.25) is 0 Å². The maximum absolute atomic E-state index is 9.17. The standard InChI is InChI=1S/C17H20N2/c1-16(2)13-8-9-17(16,3)15(10-13)19-14-7-5-4-6-12(14)11-18/h4-7,13H,8-10H2,1-3H3. The number of nitriles is 1. The second-order valence-corrected chi connectivity index (χ2v) is 6.68. The van der Waals surface area contributed by atoms with Gasteiger partial charge in [0.2, 0.25) is 0 Å². The Hall–Kier alpha value is -1.62. The van der Waals surface area contributed by atoms with Crippen molar-refractivity contribution in [1.29, 1.82) is 5.26 Å². The Balaban J connectivity index is 2.06. The fourth-order valence-corrected chi connectivity index (χ4v) is 3.91. The van der Waals surface area contributed by atoms with Gasteiger partial charge in [0.05, 0.1) is 11.3 Å². The molecule has 2 bridgehead atoms. The lowest BCUT2D eigenvalue weighted by Crippen LogP contribution is -2.32. The summed E-state index contributed by atoms with van der Waals surface area (Å²) in [5.74, 6) is 0.755. The molecule has 0 aliphatic heterocycles. The number of aliphatic imine (C=N–C) groups is 1. The van der Waals surface area contributed by atoms with Crippen molar-refractivity contribution in [2.45, 2.75) is 40.0 Å². The number of rotatable bonds is 1. The highest BCUT2D eigenvalue weighted by Gasteiger charge is 2.59. The molecule has 2 saturated carbocycles. The fraction of sp³-hybridized carbons (Fsp3) is 0.529. The zero-order valence-electron chi connectivity index (χ0n) is 11.9. The molecule has 1 aromatic carbocycles. The fourth-order valence-electron chi connectivity index (χ4n) is 3.91. The van der Waals surface area contributed by atoms with Gasteiger partial charge in [-0.3, -0.25) is 4.99 Å². The minimum atomic E-state index is 0.209. The summed E-state index contributed by atoms with van der Waals surface area (Å²) in [6, 6.07) is 9.90. The van der Waals surface area contributed by atoms with Crippen LogP contribution in [0.15, 0.2) is 29.3 Å². The van der Waals surface area contributed by atoms with Crippen LogP contribution in [0.1, 0.15) is 45.6 Å². The van der Waals surface area contributed by atoms with Crippen LogP contribution in [-0.2, 0) is 0 Å². The first-order valence-electron chi connectivity index (χ1n) is 7.06. The van der Waals surface area contributed by atoms with Crippen molar-refractivity contribution < 1.29 is 0 Å². The maximum atomic E-state index is 9.17. The first-order valence-corrected chi connectivity index (χ1v) is 7.06. The first-order chi connectivity index (χ1) is 8.99. The zero-order chi connectivity index (χ0) is 13.7. The molecule has 0 radical (unpaired) electrons. The molecule has 2 atom stereocenters. The molecule has 0 spiro atoms. The van der Waals surface area contributed by atoms with Crippen LogP contribution in [0.5, 0.6) is 0 Å². The van der Waals surface area contributed by atoms with Crippen LogP contribution in [-0.4, -0.2) is 5.71 Å². The van der Waals surface area contributed by atoms with E-state index in [1.54, 1.807) is 0 Å². The van der Waals surface area contributed by atoms with Gasteiger partial charge in [-0.1, -0.05) is 32.9 Å². The Morgan fingerprint density at radius 2 is 2.00 bits per heavy atom. The van der Waals surface area contributed by atoms with Gasteiger partial charge in [-0.05, 0) is 42.7 Å². The van der Waals surface area contributed by atoms with Crippen molar-refractivity contribution in [3.05, 3.63) is 29.8 Å². The maximum Gasteiger partial charge on any atom is 0.101 e. The molecule has 0 heterocycles. The van der Waals surface area contributed by atoms with E-state index >= 15 is 0 Å². The lowest BCUT2D eigenvalue weighted by molar-refractivity contribution is 0.194. The van der Waals surface area contributed by atoms with Gasteiger partial charge in [-0.15, -0.1) is 0 Å². The summed E-state index contributed by atoms with van der Waals surface area (Å²) < 4.78 is 0. The Morgan fingerprint density at radius 3 is 2.58 bits per heavy atom. The Bertz CT molecular complexity index is 592. The first kappa shape index (κ1) is 12.4. The number of benzene rings is 1. The second-order valence-electron chi connectivity index (χ2n) is 6.68. The summed E-state index contributed by atoms with van der Waals surface area (Å²) in [6.07, 6.45) is 3.66. The van der Waals surface area contributed by atoms with E-state index in [4.69, 9.17) is 4.99 Å². The predicted octanol–water partition coefficient (Wildman–Crippen LogP) is 4.48. The third-order valence-electron chi connectivity index (χ3n) is 5.79. The molecule has 2 aliphatic carbocycles. The van der Waals surface area contributed by atoms with Crippen molar-refractivity contribution >= 4 is 11.4 Å². The summed E-state index contributed by atoms with van der Waals surface area (Å²) in [5, 5.41) is 9.17. The number of fused-ring (bicyclic) bond motifs is 2. The molecule has 3 rings (SSSR count). The van der Waals surface area contributed by atoms with Crippen LogP contribution in [0.3, 0.4) is 0 Å². The summed E-state index contributed by atoms with van der Waals surface area (Å²) in [4.78, 5) is 4.87. The Labute approximate surface area is 115 Å². The van der Waals surface area contributed by atoms with E-state index in [-0.39, 0.29) is 5.41 Å². The Morgan fingerprint density at radius 1 is 1.26 bits per heavy atom. The van der Waals surface area contributed by atoms with Crippen molar-refractivity contribution in [3.63, 3.8) is 0 Å². The third kappa shape index (κ3) is 1.57. The average Bonchev–Trinajstić information content (AvgIpc) is 2.72. The van der Waals surface area contributed by atoms with Crippen LogP contribution in [0.25, 0.3) is 0 Å². The average molecular weight is 252 g/mol. The molecule has 19 heavy (non-hydrogen) atoms. The van der Waals surface area contributed by atoms with Gasteiger partial charge in [0.1, 0.15) is 6.07 Å². The van der Waals surface area contributed by atoms with Gasteiger partial charge in [0.15, 0.2) is 0 Å². The summed E-state index contributed by atoms with van der Waals surface area (Å²) in [5.41, 5.74) is 3.37. The molecule has 2 heteroatoms.